The predicted molar refractivity (Wildman–Crippen MR) is 133 cm³/mol. The minimum Gasteiger partial charge on any atom is -0.487 e. The van der Waals surface area contributed by atoms with Crippen LogP contribution in [0.3, 0.4) is 0 Å². The van der Waals surface area contributed by atoms with Gasteiger partial charge in [0.2, 0.25) is 16.0 Å². The Morgan fingerprint density at radius 2 is 1.92 bits per heavy atom. The molecule has 0 spiro atoms. The van der Waals surface area contributed by atoms with E-state index in [-0.39, 0.29) is 36.2 Å². The van der Waals surface area contributed by atoms with Crippen LogP contribution in [0.2, 0.25) is 10.2 Å². The highest BCUT2D eigenvalue weighted by Gasteiger charge is 2.37. The van der Waals surface area contributed by atoms with E-state index in [1.165, 1.54) is 32.6 Å². The Labute approximate surface area is 218 Å². The van der Waals surface area contributed by atoms with Gasteiger partial charge < -0.3 is 14.2 Å². The lowest BCUT2D eigenvalue weighted by atomic mass is 10.2. The number of fused-ring (bicyclic) bond motifs is 3. The van der Waals surface area contributed by atoms with Crippen molar-refractivity contribution in [1.82, 2.24) is 29.7 Å². The highest BCUT2D eigenvalue weighted by Crippen LogP contribution is 2.39. The van der Waals surface area contributed by atoms with Crippen LogP contribution in [0.25, 0.3) is 11.4 Å². The maximum absolute atomic E-state index is 13.5. The van der Waals surface area contributed by atoms with Crippen LogP contribution in [0, 0.1) is 0 Å². The first-order valence-corrected chi connectivity index (χ1v) is 13.3. The number of anilines is 1. The van der Waals surface area contributed by atoms with Crippen molar-refractivity contribution in [3.63, 3.8) is 0 Å². The Morgan fingerprint density at radius 1 is 1.19 bits per heavy atom. The molecule has 0 aromatic carbocycles. The zero-order valence-corrected chi connectivity index (χ0v) is 22.3. The number of rotatable bonds is 9. The molecule has 4 heterocycles. The molecule has 1 aliphatic rings. The van der Waals surface area contributed by atoms with Gasteiger partial charge >= 0.3 is 0 Å². The molecule has 0 bridgehead atoms. The molecule has 3 aromatic heterocycles. The zero-order chi connectivity index (χ0) is 26.0. The minimum absolute atomic E-state index is 0.0105. The molecule has 0 saturated heterocycles. The Bertz CT molecular complexity index is 1320. The van der Waals surface area contributed by atoms with E-state index in [4.69, 9.17) is 37.4 Å². The van der Waals surface area contributed by atoms with E-state index in [0.717, 1.165) is 0 Å². The molecule has 4 rings (SSSR count). The maximum Gasteiger partial charge on any atom is 0.240 e. The topological polar surface area (TPSA) is 143 Å². The molecule has 0 fully saturated rings. The number of sulfonamides is 1. The van der Waals surface area contributed by atoms with Crippen molar-refractivity contribution in [2.24, 2.45) is 0 Å². The van der Waals surface area contributed by atoms with Gasteiger partial charge in [0.15, 0.2) is 22.6 Å². The summed E-state index contributed by atoms with van der Waals surface area (Å²) in [5.74, 6) is 0.867. The minimum atomic E-state index is -4.09. The summed E-state index contributed by atoms with van der Waals surface area (Å²) in [6.07, 6.45) is 3.01. The average molecular weight is 558 g/mol. The van der Waals surface area contributed by atoms with Crippen molar-refractivity contribution in [3.05, 3.63) is 40.7 Å². The molecule has 36 heavy (non-hydrogen) atoms. The fourth-order valence-corrected chi connectivity index (χ4v) is 5.12. The number of nitrogens with one attached hydrogen (secondary N) is 1. The summed E-state index contributed by atoms with van der Waals surface area (Å²) in [5.41, 5.74) is 0.523. The fraction of sp³-hybridized carbons (Fsp3) is 0.476. The number of nitrogens with zero attached hydrogens (tertiary/aromatic N) is 6. The molecular formula is C21H25Cl2N7O5S. The largest absolute Gasteiger partial charge is 0.487 e. The monoisotopic (exact) mass is 557 g/mol. The Morgan fingerprint density at radius 3 is 2.58 bits per heavy atom. The summed E-state index contributed by atoms with van der Waals surface area (Å²) in [5, 5.41) is 7.74. The van der Waals surface area contributed by atoms with Gasteiger partial charge in [-0.25, -0.2) is 23.4 Å². The third kappa shape index (κ3) is 5.39. The molecule has 12 nitrogen and oxygen atoms in total. The Hall–Kier alpha value is -2.58. The first-order chi connectivity index (χ1) is 17.1. The van der Waals surface area contributed by atoms with Crippen LogP contribution in [0.5, 0.6) is 5.75 Å². The number of hydrogen-bond donors (Lipinski definition) is 1. The first-order valence-electron chi connectivity index (χ1n) is 11.0. The predicted octanol–water partition coefficient (Wildman–Crippen LogP) is 3.31. The van der Waals surface area contributed by atoms with E-state index in [9.17, 15) is 8.42 Å². The average Bonchev–Trinajstić information content (AvgIpc) is 3.15. The first kappa shape index (κ1) is 26.5. The van der Waals surface area contributed by atoms with Gasteiger partial charge in [-0.2, -0.15) is 0 Å². The lowest BCUT2D eigenvalue weighted by Gasteiger charge is -2.26. The summed E-state index contributed by atoms with van der Waals surface area (Å²) in [6.45, 7) is 5.41. The summed E-state index contributed by atoms with van der Waals surface area (Å²) < 4.78 is 48.4. The summed E-state index contributed by atoms with van der Waals surface area (Å²) in [7, 11) is -2.56. The molecule has 3 aromatic rings. The van der Waals surface area contributed by atoms with Gasteiger partial charge in [0.1, 0.15) is 18.0 Å². The SMILES string of the molecule is COC[C@@H]1COc2c(ccnc2Cl)-c2nnc(NS(=O)(=O)C(C)C(OC(C)C)c3ncc(Cl)cn3)n21. The third-order valence-electron chi connectivity index (χ3n) is 5.40. The number of ether oxygens (including phenoxy) is 3. The standard InChI is InChI=1S/C21H25Cl2N7O5S/c1-11(2)35-16(19-25-7-13(22)8-26-19)12(3)36(31,32)29-21-28-27-20-15-5-6-24-18(23)17(15)34-10-14(9-33-4)30(20)21/h5-8,11-12,14,16H,9-10H2,1-4H3,(H,28,29)/t12?,14-,16?/m1/s1. The second kappa shape index (κ2) is 10.8. The second-order valence-electron chi connectivity index (χ2n) is 8.33. The van der Waals surface area contributed by atoms with E-state index in [1.807, 2.05) is 0 Å². The van der Waals surface area contributed by atoms with Crippen LogP contribution >= 0.6 is 23.2 Å². The normalized spacial score (nSPS) is 17.0. The zero-order valence-electron chi connectivity index (χ0n) is 19.9. The molecule has 0 saturated carbocycles. The van der Waals surface area contributed by atoms with E-state index >= 15 is 0 Å². The van der Waals surface area contributed by atoms with Gasteiger partial charge in [-0.3, -0.25) is 9.29 Å². The molecule has 3 atom stereocenters. The van der Waals surface area contributed by atoms with Crippen molar-refractivity contribution in [2.75, 3.05) is 25.0 Å². The highest BCUT2D eigenvalue weighted by atomic mass is 35.5. The van der Waals surface area contributed by atoms with E-state index in [2.05, 4.69) is 29.9 Å². The number of pyridine rings is 1. The fourth-order valence-electron chi connectivity index (χ4n) is 3.72. The molecule has 0 amide bonds. The van der Waals surface area contributed by atoms with E-state index in [0.29, 0.717) is 22.2 Å². The number of aromatic nitrogens is 6. The van der Waals surface area contributed by atoms with Gasteiger partial charge in [-0.05, 0) is 26.8 Å². The van der Waals surface area contributed by atoms with Crippen LogP contribution < -0.4 is 9.46 Å². The number of methoxy groups -OCH3 is 1. The lowest BCUT2D eigenvalue weighted by molar-refractivity contribution is 0.00154. The van der Waals surface area contributed by atoms with Crippen LogP contribution in [0.4, 0.5) is 5.95 Å². The summed E-state index contributed by atoms with van der Waals surface area (Å²) in [6, 6.07) is 1.21. The summed E-state index contributed by atoms with van der Waals surface area (Å²) >= 11 is 12.1. The van der Waals surface area contributed by atoms with Crippen LogP contribution in [-0.2, 0) is 19.5 Å². The number of halogens is 2. The van der Waals surface area contributed by atoms with Crippen molar-refractivity contribution >= 4 is 39.2 Å². The number of hydrogen-bond acceptors (Lipinski definition) is 10. The molecule has 1 aliphatic heterocycles. The van der Waals surface area contributed by atoms with Crippen molar-refractivity contribution in [3.8, 4) is 17.1 Å². The van der Waals surface area contributed by atoms with Gasteiger partial charge in [0.25, 0.3) is 0 Å². The van der Waals surface area contributed by atoms with Crippen LogP contribution in [0.1, 0.15) is 38.7 Å². The summed E-state index contributed by atoms with van der Waals surface area (Å²) in [4.78, 5) is 12.4. The molecule has 1 N–H and O–H groups in total. The molecule has 0 radical (unpaired) electrons. The Kier molecular flexibility index (Phi) is 7.95. The molecule has 0 aliphatic carbocycles. The van der Waals surface area contributed by atoms with Crippen molar-refractivity contribution in [1.29, 1.82) is 0 Å². The second-order valence-corrected chi connectivity index (χ2v) is 11.2. The third-order valence-corrected chi connectivity index (χ3v) is 7.56. The smallest absolute Gasteiger partial charge is 0.240 e. The van der Waals surface area contributed by atoms with E-state index in [1.54, 1.807) is 24.5 Å². The van der Waals surface area contributed by atoms with E-state index < -0.39 is 27.4 Å². The van der Waals surface area contributed by atoms with Crippen molar-refractivity contribution < 1.29 is 22.6 Å². The quantitative estimate of drug-likeness (QED) is 0.389. The molecule has 194 valence electrons. The molecule has 2 unspecified atom stereocenters. The van der Waals surface area contributed by atoms with Crippen LogP contribution in [-0.4, -0.2) is 69.8 Å². The Balaban J connectivity index is 1.72. The highest BCUT2D eigenvalue weighted by molar-refractivity contribution is 7.93. The van der Waals surface area contributed by atoms with Crippen molar-refractivity contribution in [2.45, 2.75) is 44.3 Å². The van der Waals surface area contributed by atoms with Gasteiger partial charge in [-0.1, -0.05) is 23.2 Å². The lowest BCUT2D eigenvalue weighted by Crippen LogP contribution is -2.35. The van der Waals surface area contributed by atoms with Gasteiger partial charge in [0.05, 0.1) is 29.3 Å². The molecular weight excluding hydrogens is 533 g/mol. The molecule has 15 heteroatoms. The van der Waals surface area contributed by atoms with Crippen LogP contribution in [0.15, 0.2) is 24.7 Å². The van der Waals surface area contributed by atoms with Gasteiger partial charge in [0, 0.05) is 25.7 Å². The van der Waals surface area contributed by atoms with Gasteiger partial charge in [-0.15, -0.1) is 10.2 Å². The maximum atomic E-state index is 13.5.